The normalized spacial score (nSPS) is 18.3. The third-order valence-corrected chi connectivity index (χ3v) is 7.22. The quantitative estimate of drug-likeness (QED) is 0.602. The Hall–Kier alpha value is -3.07. The predicted octanol–water partition coefficient (Wildman–Crippen LogP) is 3.06. The van der Waals surface area contributed by atoms with Crippen LogP contribution in [0.25, 0.3) is 16.6 Å². The van der Waals surface area contributed by atoms with E-state index < -0.39 is 0 Å². The zero-order valence-corrected chi connectivity index (χ0v) is 19.0. The Balaban J connectivity index is 1.49. The summed E-state index contributed by atoms with van der Waals surface area (Å²) in [4.78, 5) is 48.2. The maximum absolute atomic E-state index is 13.3. The summed E-state index contributed by atoms with van der Waals surface area (Å²) in [6.07, 6.45) is 7.51. The molecule has 1 aliphatic heterocycles. The summed E-state index contributed by atoms with van der Waals surface area (Å²) in [6.45, 7) is 5.53. The number of piperazine rings is 1. The lowest BCUT2D eigenvalue weighted by Gasteiger charge is -2.34. The number of carbonyl (C=O) groups excluding carboxylic acids is 1. The number of H-pyrrole nitrogens is 1. The van der Waals surface area contributed by atoms with Gasteiger partial charge in [-0.2, -0.15) is 4.91 Å². The van der Waals surface area contributed by atoms with Crippen LogP contribution in [0.1, 0.15) is 59.8 Å². The van der Waals surface area contributed by atoms with Gasteiger partial charge in [0.1, 0.15) is 11.3 Å². The van der Waals surface area contributed by atoms with Crippen LogP contribution in [-0.2, 0) is 0 Å². The van der Waals surface area contributed by atoms with Gasteiger partial charge in [0.25, 0.3) is 11.5 Å². The summed E-state index contributed by atoms with van der Waals surface area (Å²) in [6, 6.07) is 3.83. The van der Waals surface area contributed by atoms with E-state index in [9.17, 15) is 14.5 Å². The second-order valence-corrected chi connectivity index (χ2v) is 9.30. The molecule has 2 aliphatic rings. The molecule has 3 aromatic rings. The highest BCUT2D eigenvalue weighted by Crippen LogP contribution is 2.33. The molecule has 9 nitrogen and oxygen atoms in total. The number of aromatic amines is 1. The van der Waals surface area contributed by atoms with Crippen LogP contribution in [0.15, 0.2) is 28.3 Å². The summed E-state index contributed by atoms with van der Waals surface area (Å²) in [5.74, 6) is 1.29. The molecule has 0 unspecified atom stereocenters. The van der Waals surface area contributed by atoms with E-state index in [2.05, 4.69) is 20.0 Å². The number of nitrogens with zero attached hydrogens (tertiary/aromatic N) is 5. The minimum Gasteiger partial charge on any atom is -0.336 e. The van der Waals surface area contributed by atoms with E-state index in [-0.39, 0.29) is 18.0 Å². The molecule has 2 fully saturated rings. The molecule has 1 amide bonds. The number of amides is 1. The molecule has 1 saturated carbocycles. The molecule has 1 aromatic carbocycles. The van der Waals surface area contributed by atoms with Crippen molar-refractivity contribution < 1.29 is 4.79 Å². The number of fused-ring (bicyclic) bond motifs is 3. The maximum atomic E-state index is 13.3. The van der Waals surface area contributed by atoms with E-state index in [4.69, 9.17) is 0 Å². The number of nitrogens with one attached hydrogen (secondary N) is 1. The van der Waals surface area contributed by atoms with Crippen LogP contribution in [0.5, 0.6) is 0 Å². The molecule has 0 atom stereocenters. The molecule has 33 heavy (non-hydrogen) atoms. The molecule has 0 bridgehead atoms. The highest BCUT2D eigenvalue weighted by atomic mass is 16.3. The molecule has 0 spiro atoms. The van der Waals surface area contributed by atoms with Gasteiger partial charge in [-0.15, -0.1) is 0 Å². The fourth-order valence-electron chi connectivity index (χ4n) is 5.35. The van der Waals surface area contributed by atoms with Gasteiger partial charge >= 0.3 is 0 Å². The fraction of sp³-hybridized carbons (Fsp3) is 0.542. The Morgan fingerprint density at radius 1 is 1.12 bits per heavy atom. The number of hydrogen-bond acceptors (Lipinski definition) is 6. The third kappa shape index (κ3) is 4.06. The smallest absolute Gasteiger partial charge is 0.274 e. The van der Waals surface area contributed by atoms with Crippen molar-refractivity contribution in [3.8, 4) is 0 Å². The monoisotopic (exact) mass is 450 g/mol. The molecule has 9 heteroatoms. The number of rotatable bonds is 5. The first-order valence-corrected chi connectivity index (χ1v) is 11.9. The van der Waals surface area contributed by atoms with Crippen LogP contribution in [0.2, 0.25) is 0 Å². The average molecular weight is 451 g/mol. The zero-order valence-electron chi connectivity index (χ0n) is 19.0. The Kier molecular flexibility index (Phi) is 5.97. The van der Waals surface area contributed by atoms with E-state index in [1.54, 1.807) is 6.20 Å². The first kappa shape index (κ1) is 21.8. The summed E-state index contributed by atoms with van der Waals surface area (Å²) < 4.78 is 2.01. The van der Waals surface area contributed by atoms with Crippen LogP contribution in [0, 0.1) is 11.8 Å². The SMILES string of the molecule is Cc1cc2c(cc1C(=O)N1CCN(CCN=O)CC1)[nH]c(=O)c1cnc(C3CCCCC3)n12. The van der Waals surface area contributed by atoms with Gasteiger partial charge in [0.2, 0.25) is 0 Å². The average Bonchev–Trinajstić information content (AvgIpc) is 3.30. The van der Waals surface area contributed by atoms with Crippen LogP contribution < -0.4 is 5.56 Å². The number of aryl methyl sites for hydroxylation is 1. The summed E-state index contributed by atoms with van der Waals surface area (Å²) in [5.41, 5.74) is 3.42. The molecule has 3 heterocycles. The van der Waals surface area contributed by atoms with Gasteiger partial charge in [-0.1, -0.05) is 24.4 Å². The standard InChI is InChI=1S/C24H30N6O3/c1-16-13-20-19(14-18(16)24(32)29-11-9-28(10-12-29)8-7-26-33)27-23(31)21-15-25-22(30(20)21)17-5-3-2-4-6-17/h13-15,17H,2-12H2,1H3,(H,27,31). The van der Waals surface area contributed by atoms with Gasteiger partial charge in [-0.3, -0.25) is 18.9 Å². The lowest BCUT2D eigenvalue weighted by molar-refractivity contribution is 0.0640. The molecule has 1 aliphatic carbocycles. The number of hydrogen-bond donors (Lipinski definition) is 1. The number of aromatic nitrogens is 3. The maximum Gasteiger partial charge on any atom is 0.274 e. The van der Waals surface area contributed by atoms with Crippen molar-refractivity contribution in [3.63, 3.8) is 0 Å². The molecular weight excluding hydrogens is 420 g/mol. The molecule has 2 aromatic heterocycles. The van der Waals surface area contributed by atoms with Gasteiger partial charge < -0.3 is 9.88 Å². The number of benzene rings is 1. The van der Waals surface area contributed by atoms with E-state index in [0.29, 0.717) is 42.1 Å². The van der Waals surface area contributed by atoms with E-state index in [1.165, 1.54) is 19.3 Å². The van der Waals surface area contributed by atoms with Crippen LogP contribution >= 0.6 is 0 Å². The molecule has 174 valence electrons. The van der Waals surface area contributed by atoms with Gasteiger partial charge in [0.15, 0.2) is 0 Å². The van der Waals surface area contributed by atoms with Crippen LogP contribution in [0.4, 0.5) is 0 Å². The van der Waals surface area contributed by atoms with E-state index in [1.807, 2.05) is 28.4 Å². The number of carbonyl (C=O) groups is 1. The highest BCUT2D eigenvalue weighted by molar-refractivity contribution is 5.99. The van der Waals surface area contributed by atoms with Crippen molar-refractivity contribution in [2.45, 2.75) is 44.9 Å². The minimum atomic E-state index is -0.184. The Labute approximate surface area is 191 Å². The topological polar surface area (TPSA) is 103 Å². The molecular formula is C24H30N6O3. The summed E-state index contributed by atoms with van der Waals surface area (Å²) in [7, 11) is 0. The van der Waals surface area contributed by atoms with Crippen molar-refractivity contribution in [2.24, 2.45) is 5.18 Å². The lowest BCUT2D eigenvalue weighted by Crippen LogP contribution is -2.49. The predicted molar refractivity (Wildman–Crippen MR) is 127 cm³/mol. The second kappa shape index (κ2) is 9.05. The zero-order chi connectivity index (χ0) is 22.9. The number of imidazole rings is 1. The lowest BCUT2D eigenvalue weighted by atomic mass is 9.88. The molecule has 1 N–H and O–H groups in total. The van der Waals surface area contributed by atoms with Crippen LogP contribution in [0.3, 0.4) is 0 Å². The highest BCUT2D eigenvalue weighted by Gasteiger charge is 2.25. The van der Waals surface area contributed by atoms with Crippen LogP contribution in [-0.4, -0.2) is 69.3 Å². The van der Waals surface area contributed by atoms with Crippen molar-refractivity contribution in [3.05, 3.63) is 50.5 Å². The first-order chi connectivity index (χ1) is 16.1. The Bertz CT molecular complexity index is 1250. The first-order valence-electron chi connectivity index (χ1n) is 11.9. The van der Waals surface area contributed by atoms with E-state index in [0.717, 1.165) is 42.8 Å². The van der Waals surface area contributed by atoms with Gasteiger partial charge in [-0.25, -0.2) is 4.98 Å². The largest absolute Gasteiger partial charge is 0.336 e. The van der Waals surface area contributed by atoms with Gasteiger partial charge in [0.05, 0.1) is 23.8 Å². The van der Waals surface area contributed by atoms with Crippen molar-refractivity contribution in [1.29, 1.82) is 0 Å². The van der Waals surface area contributed by atoms with Gasteiger partial charge in [0, 0.05) is 44.2 Å². The van der Waals surface area contributed by atoms with Crippen molar-refractivity contribution >= 4 is 22.5 Å². The Morgan fingerprint density at radius 2 is 1.88 bits per heavy atom. The minimum absolute atomic E-state index is 0.0263. The number of nitroso groups, excluding NO2 is 1. The second-order valence-electron chi connectivity index (χ2n) is 9.30. The molecule has 1 saturated heterocycles. The Morgan fingerprint density at radius 3 is 2.61 bits per heavy atom. The third-order valence-electron chi connectivity index (χ3n) is 7.22. The van der Waals surface area contributed by atoms with Crippen molar-refractivity contribution in [2.75, 3.05) is 39.3 Å². The van der Waals surface area contributed by atoms with Crippen molar-refractivity contribution in [1.82, 2.24) is 24.2 Å². The summed E-state index contributed by atoms with van der Waals surface area (Å²) in [5, 5.41) is 2.93. The van der Waals surface area contributed by atoms with Gasteiger partial charge in [-0.05, 0) is 37.5 Å². The fourth-order valence-corrected chi connectivity index (χ4v) is 5.35. The van der Waals surface area contributed by atoms with E-state index >= 15 is 0 Å². The summed E-state index contributed by atoms with van der Waals surface area (Å²) >= 11 is 0. The molecule has 5 rings (SSSR count). The molecule has 0 radical (unpaired) electrons.